The minimum absolute atomic E-state index is 0.328. The lowest BCUT2D eigenvalue weighted by atomic mass is 9.76. The Hall–Kier alpha value is -3.03. The number of aryl methyl sites for hydroxylation is 2. The average Bonchev–Trinajstić information content (AvgIpc) is 2.97. The molecule has 0 amide bonds. The highest BCUT2D eigenvalue weighted by molar-refractivity contribution is 5.64. The first-order valence-electron chi connectivity index (χ1n) is 14.7. The van der Waals surface area contributed by atoms with Gasteiger partial charge in [-0.3, -0.25) is 0 Å². The highest BCUT2D eigenvalue weighted by Crippen LogP contribution is 2.39. The Bertz CT molecular complexity index is 1260. The highest BCUT2D eigenvalue weighted by Gasteiger charge is 2.59. The lowest BCUT2D eigenvalue weighted by Gasteiger charge is -2.29. The molecule has 3 aromatic rings. The van der Waals surface area contributed by atoms with Crippen molar-refractivity contribution in [2.45, 2.75) is 95.5 Å². The van der Waals surface area contributed by atoms with Crippen molar-refractivity contribution in [1.29, 1.82) is 0 Å². The Morgan fingerprint density at radius 1 is 0.762 bits per heavy atom. The van der Waals surface area contributed by atoms with Crippen molar-refractivity contribution in [2.75, 3.05) is 0 Å². The van der Waals surface area contributed by atoms with Gasteiger partial charge in [-0.2, -0.15) is 22.0 Å². The summed E-state index contributed by atoms with van der Waals surface area (Å²) in [6.07, 6.45) is -4.03. The maximum Gasteiger partial charge on any atom is 0.439 e. The molecular formula is C34H37F7O. The quantitative estimate of drug-likeness (QED) is 0.150. The van der Waals surface area contributed by atoms with Gasteiger partial charge in [-0.1, -0.05) is 74.4 Å². The van der Waals surface area contributed by atoms with Gasteiger partial charge in [0.2, 0.25) is 0 Å². The summed E-state index contributed by atoms with van der Waals surface area (Å²) >= 11 is 0. The van der Waals surface area contributed by atoms with Gasteiger partial charge in [0.1, 0.15) is 0 Å². The molecule has 42 heavy (non-hydrogen) atoms. The molecule has 1 unspecified atom stereocenters. The molecule has 1 aliphatic carbocycles. The van der Waals surface area contributed by atoms with E-state index in [1.54, 1.807) is 12.1 Å². The Balaban J connectivity index is 1.25. The van der Waals surface area contributed by atoms with Gasteiger partial charge in [0, 0.05) is 0 Å². The molecule has 0 spiro atoms. The summed E-state index contributed by atoms with van der Waals surface area (Å²) in [5.41, 5.74) is 4.92. The number of unbranched alkanes of at least 4 members (excludes halogenated alkanes) is 2. The van der Waals surface area contributed by atoms with Crippen LogP contribution in [0.4, 0.5) is 30.7 Å². The van der Waals surface area contributed by atoms with E-state index in [1.807, 2.05) is 12.1 Å². The number of ether oxygens (including phenoxy) is 1. The number of benzene rings is 3. The van der Waals surface area contributed by atoms with Crippen molar-refractivity contribution in [2.24, 2.45) is 5.92 Å². The van der Waals surface area contributed by atoms with Gasteiger partial charge < -0.3 is 4.74 Å². The van der Waals surface area contributed by atoms with Crippen LogP contribution in [-0.4, -0.2) is 18.5 Å². The molecule has 1 fully saturated rings. The van der Waals surface area contributed by atoms with Crippen LogP contribution >= 0.6 is 0 Å². The fourth-order valence-corrected chi connectivity index (χ4v) is 5.71. The normalized spacial score (nSPS) is 18.6. The molecule has 1 nitrogen and oxygen atoms in total. The molecule has 0 aliphatic heterocycles. The fraction of sp³-hybridized carbons (Fsp3) is 0.471. The van der Waals surface area contributed by atoms with E-state index >= 15 is 0 Å². The third kappa shape index (κ3) is 8.51. The van der Waals surface area contributed by atoms with Crippen molar-refractivity contribution in [3.05, 3.63) is 89.2 Å². The molecular weight excluding hydrogens is 557 g/mol. The van der Waals surface area contributed by atoms with Gasteiger partial charge in [0.15, 0.2) is 11.6 Å². The molecule has 4 rings (SSSR count). The molecule has 1 saturated carbocycles. The number of halogens is 7. The Morgan fingerprint density at radius 3 is 1.95 bits per heavy atom. The van der Waals surface area contributed by atoms with Gasteiger partial charge in [-0.05, 0) is 103 Å². The van der Waals surface area contributed by atoms with Gasteiger partial charge in [0.05, 0.1) is 0 Å². The summed E-state index contributed by atoms with van der Waals surface area (Å²) in [7, 11) is 0. The number of hydrogen-bond donors (Lipinski definition) is 0. The van der Waals surface area contributed by atoms with Crippen LogP contribution in [-0.2, 0) is 12.8 Å². The minimum atomic E-state index is -5.85. The third-order valence-corrected chi connectivity index (χ3v) is 8.26. The molecule has 1 atom stereocenters. The summed E-state index contributed by atoms with van der Waals surface area (Å²) in [5.74, 6) is -1.20. The van der Waals surface area contributed by atoms with Crippen LogP contribution in [0.25, 0.3) is 11.1 Å². The van der Waals surface area contributed by atoms with Crippen LogP contribution in [0.3, 0.4) is 0 Å². The topological polar surface area (TPSA) is 9.23 Å². The first-order valence-corrected chi connectivity index (χ1v) is 14.7. The summed E-state index contributed by atoms with van der Waals surface area (Å²) in [4.78, 5) is 0. The molecule has 0 N–H and O–H groups in total. The van der Waals surface area contributed by atoms with Crippen molar-refractivity contribution < 1.29 is 35.5 Å². The first-order chi connectivity index (χ1) is 20.0. The summed E-state index contributed by atoms with van der Waals surface area (Å²) in [6, 6.07) is 19.5. The van der Waals surface area contributed by atoms with Crippen molar-refractivity contribution >= 4 is 0 Å². The maximum absolute atomic E-state index is 14.4. The summed E-state index contributed by atoms with van der Waals surface area (Å²) in [6.45, 7) is 2.22. The van der Waals surface area contributed by atoms with Gasteiger partial charge in [-0.25, -0.2) is 8.78 Å². The van der Waals surface area contributed by atoms with Gasteiger partial charge in [-0.15, -0.1) is 0 Å². The van der Waals surface area contributed by atoms with E-state index in [2.05, 4.69) is 35.9 Å². The predicted molar refractivity (Wildman–Crippen MR) is 151 cm³/mol. The van der Waals surface area contributed by atoms with Crippen LogP contribution < -0.4 is 4.74 Å². The molecule has 228 valence electrons. The Labute approximate surface area is 243 Å². The predicted octanol–water partition coefficient (Wildman–Crippen LogP) is 11.0. The second-order valence-corrected chi connectivity index (χ2v) is 11.4. The van der Waals surface area contributed by atoms with Crippen LogP contribution in [0.5, 0.6) is 5.75 Å². The van der Waals surface area contributed by atoms with Crippen LogP contribution in [0, 0.1) is 11.7 Å². The van der Waals surface area contributed by atoms with Crippen molar-refractivity contribution in [3.63, 3.8) is 0 Å². The molecule has 3 aromatic carbocycles. The monoisotopic (exact) mass is 594 g/mol. The summed E-state index contributed by atoms with van der Waals surface area (Å²) < 4.78 is 95.3. The Morgan fingerprint density at radius 2 is 1.36 bits per heavy atom. The average molecular weight is 595 g/mol. The lowest BCUT2D eigenvalue weighted by molar-refractivity contribution is -0.305. The SMILES string of the molecule is CCCCCc1ccc(C2CCC(CCc3ccc(-c4ccc(OC(F)(F)C(F)C(F)(F)F)c(F)c4)cc3)CC2)cc1. The standard InChI is InChI=1S/C34H37F7O/c1-2-3-4-5-23-8-14-26(15-9-23)27-16-10-24(11-17-27)6-7-25-12-18-28(19-13-25)29-20-21-31(30(35)22-29)42-34(40,41)32(36)33(37,38)39/h8-9,12-15,18-22,24,27,32H,2-7,10-11,16-17H2,1H3. The molecule has 1 aliphatic rings. The third-order valence-electron chi connectivity index (χ3n) is 8.26. The van der Waals surface area contributed by atoms with Crippen LogP contribution in [0.15, 0.2) is 66.7 Å². The van der Waals surface area contributed by atoms with E-state index in [-0.39, 0.29) is 0 Å². The molecule has 0 saturated heterocycles. The van der Waals surface area contributed by atoms with Crippen LogP contribution in [0.1, 0.15) is 80.9 Å². The lowest BCUT2D eigenvalue weighted by Crippen LogP contribution is -2.45. The van der Waals surface area contributed by atoms with Crippen molar-refractivity contribution in [1.82, 2.24) is 0 Å². The molecule has 0 aromatic heterocycles. The van der Waals surface area contributed by atoms with E-state index in [9.17, 15) is 30.7 Å². The number of hydrogen-bond acceptors (Lipinski definition) is 1. The fourth-order valence-electron chi connectivity index (χ4n) is 5.71. The molecule has 8 heteroatoms. The summed E-state index contributed by atoms with van der Waals surface area (Å²) in [5, 5.41) is 0. The molecule has 0 radical (unpaired) electrons. The number of alkyl halides is 6. The number of rotatable bonds is 12. The Kier molecular flexibility index (Phi) is 10.6. The van der Waals surface area contributed by atoms with E-state index < -0.39 is 30.0 Å². The van der Waals surface area contributed by atoms with Crippen molar-refractivity contribution in [3.8, 4) is 16.9 Å². The smallest absolute Gasteiger partial charge is 0.427 e. The van der Waals surface area contributed by atoms with E-state index in [0.29, 0.717) is 23.0 Å². The second-order valence-electron chi connectivity index (χ2n) is 11.4. The van der Waals surface area contributed by atoms with Gasteiger partial charge >= 0.3 is 12.3 Å². The van der Waals surface area contributed by atoms with Crippen LogP contribution in [0.2, 0.25) is 0 Å². The largest absolute Gasteiger partial charge is 0.439 e. The zero-order valence-corrected chi connectivity index (χ0v) is 23.7. The van der Waals surface area contributed by atoms with E-state index in [0.717, 1.165) is 37.0 Å². The van der Waals surface area contributed by atoms with E-state index in [4.69, 9.17) is 0 Å². The molecule has 0 bridgehead atoms. The minimum Gasteiger partial charge on any atom is -0.427 e. The maximum atomic E-state index is 14.4. The highest BCUT2D eigenvalue weighted by atomic mass is 19.4. The van der Waals surface area contributed by atoms with Gasteiger partial charge in [0.25, 0.3) is 6.17 Å². The zero-order chi connectivity index (χ0) is 30.3. The van der Waals surface area contributed by atoms with E-state index in [1.165, 1.54) is 62.1 Å². The second kappa shape index (κ2) is 14.0. The molecule has 0 heterocycles. The zero-order valence-electron chi connectivity index (χ0n) is 23.7. The first kappa shape index (κ1) is 31.9.